The number of carbonyl (C=O) groups excluding carboxylic acids is 1. The van der Waals surface area contributed by atoms with Crippen molar-refractivity contribution in [2.75, 3.05) is 19.8 Å². The van der Waals surface area contributed by atoms with Gasteiger partial charge >= 0.3 is 0 Å². The van der Waals surface area contributed by atoms with Gasteiger partial charge in [0.2, 0.25) is 0 Å². The first-order valence-corrected chi connectivity index (χ1v) is 7.16. The fourth-order valence-corrected chi connectivity index (χ4v) is 2.57. The number of hydrogen-bond acceptors (Lipinski definition) is 4. The first-order valence-electron chi connectivity index (χ1n) is 7.16. The van der Waals surface area contributed by atoms with Gasteiger partial charge in [0.15, 0.2) is 0 Å². The lowest BCUT2D eigenvalue weighted by atomic mass is 10.1. The molecular weight excluding hydrogens is 284 g/mol. The molecule has 116 valence electrons. The summed E-state index contributed by atoms with van der Waals surface area (Å²) in [4.78, 5) is 36.5. The minimum absolute atomic E-state index is 0.140. The van der Waals surface area contributed by atoms with Crippen LogP contribution in [0.3, 0.4) is 0 Å². The Balaban J connectivity index is 1.93. The lowest BCUT2D eigenvalue weighted by Crippen LogP contribution is -2.45. The largest absolute Gasteiger partial charge is 0.377 e. The summed E-state index contributed by atoms with van der Waals surface area (Å²) < 4.78 is 5.47. The molecule has 2 aromatic rings. The number of ether oxygens (including phenoxy) is 1. The summed E-state index contributed by atoms with van der Waals surface area (Å²) in [5.74, 6) is 0.373. The molecule has 0 radical (unpaired) electrons. The molecule has 7 nitrogen and oxygen atoms in total. The van der Waals surface area contributed by atoms with E-state index in [2.05, 4.69) is 15.0 Å². The van der Waals surface area contributed by atoms with Crippen LogP contribution in [-0.2, 0) is 4.74 Å². The highest BCUT2D eigenvalue weighted by Gasteiger charge is 2.32. The number of amides is 1. The van der Waals surface area contributed by atoms with Gasteiger partial charge in [-0.2, -0.15) is 0 Å². The number of aromatic amines is 2. The molecule has 0 aromatic carbocycles. The first kappa shape index (κ1) is 14.5. The molecule has 3 rings (SSSR count). The molecule has 2 aromatic heterocycles. The molecule has 1 saturated heterocycles. The number of hydrogen-bond donors (Lipinski definition) is 2. The number of nitrogens with zero attached hydrogens (tertiary/aromatic N) is 2. The van der Waals surface area contributed by atoms with Crippen molar-refractivity contribution in [2.45, 2.75) is 19.9 Å². The number of pyridine rings is 1. The molecule has 1 fully saturated rings. The van der Waals surface area contributed by atoms with Gasteiger partial charge in [0, 0.05) is 24.1 Å². The second-order valence-electron chi connectivity index (χ2n) is 5.42. The summed E-state index contributed by atoms with van der Waals surface area (Å²) in [6.07, 6.45) is 1.71. The quantitative estimate of drug-likeness (QED) is 0.863. The van der Waals surface area contributed by atoms with Crippen molar-refractivity contribution in [3.8, 4) is 0 Å². The van der Waals surface area contributed by atoms with Gasteiger partial charge in [-0.05, 0) is 26.0 Å². The minimum Gasteiger partial charge on any atom is -0.377 e. The number of morpholine rings is 1. The zero-order valence-electron chi connectivity index (χ0n) is 12.5. The maximum Gasteiger partial charge on any atom is 0.260 e. The van der Waals surface area contributed by atoms with Crippen molar-refractivity contribution in [2.24, 2.45) is 0 Å². The van der Waals surface area contributed by atoms with E-state index in [4.69, 9.17) is 4.74 Å². The van der Waals surface area contributed by atoms with Crippen molar-refractivity contribution in [1.82, 2.24) is 19.9 Å². The van der Waals surface area contributed by atoms with Crippen molar-refractivity contribution in [1.29, 1.82) is 0 Å². The van der Waals surface area contributed by atoms with E-state index in [1.165, 1.54) is 0 Å². The molecule has 1 atom stereocenters. The van der Waals surface area contributed by atoms with Gasteiger partial charge in [-0.1, -0.05) is 0 Å². The lowest BCUT2D eigenvalue weighted by molar-refractivity contribution is -0.00510. The number of rotatable bonds is 2. The molecule has 1 aliphatic heterocycles. The Morgan fingerprint density at radius 3 is 2.82 bits per heavy atom. The summed E-state index contributed by atoms with van der Waals surface area (Å²) in [6, 6.07) is 2.98. The van der Waals surface area contributed by atoms with E-state index in [0.29, 0.717) is 25.6 Å². The Kier molecular flexibility index (Phi) is 3.81. The topological polar surface area (TPSA) is 91.1 Å². The number of H-pyrrole nitrogens is 2. The normalized spacial score (nSPS) is 18.5. The van der Waals surface area contributed by atoms with Crippen LogP contribution in [0.1, 0.15) is 33.6 Å². The summed E-state index contributed by atoms with van der Waals surface area (Å²) in [5, 5.41) is 0. The molecule has 0 spiro atoms. The number of aryl methyl sites for hydroxylation is 2. The van der Waals surface area contributed by atoms with Crippen molar-refractivity contribution >= 4 is 5.91 Å². The number of imidazole rings is 1. The molecule has 7 heteroatoms. The molecule has 22 heavy (non-hydrogen) atoms. The maximum absolute atomic E-state index is 12.7. The average Bonchev–Trinajstić information content (AvgIpc) is 2.93. The molecule has 1 aliphatic rings. The molecular formula is C15H18N4O3. The van der Waals surface area contributed by atoms with Crippen LogP contribution in [0.2, 0.25) is 0 Å². The number of nitrogens with one attached hydrogen (secondary N) is 2. The van der Waals surface area contributed by atoms with Crippen LogP contribution < -0.4 is 5.56 Å². The molecule has 3 heterocycles. The maximum atomic E-state index is 12.7. The summed E-state index contributed by atoms with van der Waals surface area (Å²) in [6.45, 7) is 4.92. The van der Waals surface area contributed by atoms with Crippen LogP contribution in [0.4, 0.5) is 0 Å². The highest BCUT2D eigenvalue weighted by atomic mass is 16.5. The van der Waals surface area contributed by atoms with Gasteiger partial charge in [-0.3, -0.25) is 9.59 Å². The zero-order valence-corrected chi connectivity index (χ0v) is 12.5. The van der Waals surface area contributed by atoms with Gasteiger partial charge in [0.05, 0.1) is 13.2 Å². The fourth-order valence-electron chi connectivity index (χ4n) is 2.57. The molecule has 2 N–H and O–H groups in total. The smallest absolute Gasteiger partial charge is 0.260 e. The predicted molar refractivity (Wildman–Crippen MR) is 79.7 cm³/mol. The Labute approximate surface area is 127 Å². The molecule has 0 bridgehead atoms. The van der Waals surface area contributed by atoms with Gasteiger partial charge < -0.3 is 19.6 Å². The van der Waals surface area contributed by atoms with E-state index in [1.54, 1.807) is 30.2 Å². The van der Waals surface area contributed by atoms with Crippen molar-refractivity contribution in [3.05, 3.63) is 51.5 Å². The van der Waals surface area contributed by atoms with Crippen LogP contribution in [0.5, 0.6) is 0 Å². The first-order chi connectivity index (χ1) is 10.6. The monoisotopic (exact) mass is 302 g/mol. The Hall–Kier alpha value is -2.41. The Bertz CT molecular complexity index is 749. The Morgan fingerprint density at radius 1 is 1.32 bits per heavy atom. The number of carbonyl (C=O) groups is 1. The number of aromatic nitrogens is 3. The van der Waals surface area contributed by atoms with E-state index in [1.807, 2.05) is 6.92 Å². The van der Waals surface area contributed by atoms with Crippen LogP contribution in [0.25, 0.3) is 0 Å². The average molecular weight is 302 g/mol. The summed E-state index contributed by atoms with van der Waals surface area (Å²) >= 11 is 0. The zero-order chi connectivity index (χ0) is 15.7. The lowest BCUT2D eigenvalue weighted by Gasteiger charge is -2.34. The van der Waals surface area contributed by atoms with Gasteiger partial charge in [-0.15, -0.1) is 0 Å². The van der Waals surface area contributed by atoms with Gasteiger partial charge in [0.25, 0.3) is 11.5 Å². The van der Waals surface area contributed by atoms with E-state index < -0.39 is 0 Å². The third-order valence-electron chi connectivity index (χ3n) is 3.71. The van der Waals surface area contributed by atoms with E-state index in [9.17, 15) is 9.59 Å². The van der Waals surface area contributed by atoms with Crippen molar-refractivity contribution < 1.29 is 9.53 Å². The van der Waals surface area contributed by atoms with Gasteiger partial charge in [-0.25, -0.2) is 4.98 Å². The van der Waals surface area contributed by atoms with Gasteiger partial charge in [0.1, 0.15) is 17.4 Å². The molecule has 0 aliphatic carbocycles. The second kappa shape index (κ2) is 5.76. The van der Waals surface area contributed by atoms with E-state index in [0.717, 1.165) is 11.4 Å². The Morgan fingerprint density at radius 2 is 2.14 bits per heavy atom. The highest BCUT2D eigenvalue weighted by molar-refractivity contribution is 5.94. The minimum atomic E-state index is -0.370. The fraction of sp³-hybridized carbons (Fsp3) is 0.400. The second-order valence-corrected chi connectivity index (χ2v) is 5.42. The third kappa shape index (κ3) is 2.67. The van der Waals surface area contributed by atoms with E-state index >= 15 is 0 Å². The standard InChI is InChI=1S/C15H18N4O3/c1-9-3-4-11(14(20)18-9)15(21)19-5-6-22-8-12(19)13-16-7-10(2)17-13/h3-4,7,12H,5-6,8H2,1-2H3,(H,16,17)(H,18,20). The third-order valence-corrected chi connectivity index (χ3v) is 3.71. The van der Waals surface area contributed by atoms with Crippen molar-refractivity contribution in [3.63, 3.8) is 0 Å². The van der Waals surface area contributed by atoms with Crippen LogP contribution in [0, 0.1) is 13.8 Å². The van der Waals surface area contributed by atoms with Crippen LogP contribution in [0.15, 0.2) is 23.1 Å². The predicted octanol–water partition coefficient (Wildman–Crippen LogP) is 0.929. The molecule has 0 saturated carbocycles. The summed E-state index contributed by atoms with van der Waals surface area (Å²) in [7, 11) is 0. The van der Waals surface area contributed by atoms with Crippen LogP contribution in [-0.4, -0.2) is 45.5 Å². The van der Waals surface area contributed by atoms with E-state index in [-0.39, 0.29) is 23.1 Å². The van der Waals surface area contributed by atoms with Crippen LogP contribution >= 0.6 is 0 Å². The molecule has 1 amide bonds. The summed E-state index contributed by atoms with van der Waals surface area (Å²) in [5.41, 5.74) is 1.41. The highest BCUT2D eigenvalue weighted by Crippen LogP contribution is 2.23. The SMILES string of the molecule is Cc1cnc(C2COCCN2C(=O)c2ccc(C)[nH]c2=O)[nH]1. The molecule has 1 unspecified atom stereocenters.